The first-order valence-electron chi connectivity index (χ1n) is 11.6. The summed E-state index contributed by atoms with van der Waals surface area (Å²) in [7, 11) is 0. The monoisotopic (exact) mass is 450 g/mol. The topological polar surface area (TPSA) is 90.4 Å². The van der Waals surface area contributed by atoms with Crippen LogP contribution in [0.1, 0.15) is 37.3 Å². The van der Waals surface area contributed by atoms with E-state index in [0.717, 1.165) is 12.1 Å². The number of aryl methyl sites for hydroxylation is 1. The minimum atomic E-state index is -1.54. The molecule has 5 rings (SSSR count). The van der Waals surface area contributed by atoms with Crippen molar-refractivity contribution in [1.82, 2.24) is 0 Å². The fourth-order valence-corrected chi connectivity index (χ4v) is 5.61. The maximum Gasteiger partial charge on any atom is 0.248 e. The van der Waals surface area contributed by atoms with E-state index >= 15 is 0 Å². The molecule has 2 N–H and O–H groups in total. The lowest BCUT2D eigenvalue weighted by Gasteiger charge is -2.43. The molecule has 0 aromatic heterocycles. The van der Waals surface area contributed by atoms with Crippen molar-refractivity contribution in [3.63, 3.8) is 0 Å². The van der Waals surface area contributed by atoms with Crippen LogP contribution in [0, 0.1) is 11.3 Å². The van der Waals surface area contributed by atoms with Crippen molar-refractivity contribution >= 4 is 23.1 Å². The predicted molar refractivity (Wildman–Crippen MR) is 132 cm³/mol. The van der Waals surface area contributed by atoms with E-state index in [1.165, 1.54) is 5.56 Å². The SMILES string of the molecule is C=CCN1C(=O)C2(C(C#N)=C(N)N(c3ccc(CC)cc3)C3=C2C(=O)CCC3)c2ccccc21. The Balaban J connectivity index is 1.85. The lowest BCUT2D eigenvalue weighted by molar-refractivity contribution is -0.124. The van der Waals surface area contributed by atoms with Crippen LogP contribution in [0.3, 0.4) is 0 Å². The number of hydrogen-bond donors (Lipinski definition) is 1. The minimum Gasteiger partial charge on any atom is -0.384 e. The molecule has 34 heavy (non-hydrogen) atoms. The van der Waals surface area contributed by atoms with Crippen molar-refractivity contribution in [2.24, 2.45) is 5.73 Å². The van der Waals surface area contributed by atoms with E-state index in [1.54, 1.807) is 11.0 Å². The highest BCUT2D eigenvalue weighted by molar-refractivity contribution is 6.20. The zero-order valence-electron chi connectivity index (χ0n) is 19.2. The summed E-state index contributed by atoms with van der Waals surface area (Å²) in [6.45, 7) is 6.16. The van der Waals surface area contributed by atoms with Gasteiger partial charge in [0, 0.05) is 41.2 Å². The summed E-state index contributed by atoms with van der Waals surface area (Å²) < 4.78 is 0. The molecule has 0 radical (unpaired) electrons. The third kappa shape index (κ3) is 2.73. The number of Topliss-reactive ketones (excluding diaryl/α,β-unsaturated/α-hetero) is 1. The van der Waals surface area contributed by atoms with Gasteiger partial charge in [-0.1, -0.05) is 43.3 Å². The number of carbonyl (C=O) groups is 2. The van der Waals surface area contributed by atoms with Gasteiger partial charge in [0.05, 0.1) is 5.57 Å². The maximum atomic E-state index is 14.2. The quantitative estimate of drug-likeness (QED) is 0.704. The van der Waals surface area contributed by atoms with Crippen LogP contribution >= 0.6 is 0 Å². The molecule has 2 aliphatic heterocycles. The number of allylic oxidation sites excluding steroid dienone is 1. The van der Waals surface area contributed by atoms with Crippen molar-refractivity contribution in [3.05, 3.63) is 95.0 Å². The molecular weight excluding hydrogens is 424 g/mol. The third-order valence-corrected chi connectivity index (χ3v) is 7.09. The number of hydrogen-bond acceptors (Lipinski definition) is 5. The van der Waals surface area contributed by atoms with Gasteiger partial charge in [0.1, 0.15) is 17.3 Å². The lowest BCUT2D eigenvalue weighted by atomic mass is 9.64. The van der Waals surface area contributed by atoms with Crippen LogP contribution in [0.5, 0.6) is 0 Å². The van der Waals surface area contributed by atoms with Gasteiger partial charge in [-0.15, -0.1) is 6.58 Å². The minimum absolute atomic E-state index is 0.102. The summed E-state index contributed by atoms with van der Waals surface area (Å²) in [5.41, 5.74) is 9.65. The summed E-state index contributed by atoms with van der Waals surface area (Å²) in [6.07, 6.45) is 4.14. The van der Waals surface area contributed by atoms with Crippen LogP contribution < -0.4 is 15.5 Å². The molecule has 2 aromatic rings. The number of nitriles is 1. The predicted octanol–water partition coefficient (Wildman–Crippen LogP) is 4.24. The Bertz CT molecular complexity index is 1330. The van der Waals surface area contributed by atoms with E-state index in [9.17, 15) is 14.9 Å². The van der Waals surface area contributed by atoms with Crippen LogP contribution in [0.4, 0.5) is 11.4 Å². The average Bonchev–Trinajstić information content (AvgIpc) is 3.09. The van der Waals surface area contributed by atoms with Gasteiger partial charge in [-0.3, -0.25) is 14.5 Å². The van der Waals surface area contributed by atoms with Gasteiger partial charge in [-0.2, -0.15) is 5.26 Å². The number of nitrogens with zero attached hydrogens (tertiary/aromatic N) is 3. The van der Waals surface area contributed by atoms with Gasteiger partial charge in [0.25, 0.3) is 0 Å². The lowest BCUT2D eigenvalue weighted by Crippen LogP contribution is -2.52. The molecule has 6 nitrogen and oxygen atoms in total. The highest BCUT2D eigenvalue weighted by Crippen LogP contribution is 2.56. The molecule has 0 saturated heterocycles. The van der Waals surface area contributed by atoms with Crippen LogP contribution in [-0.2, 0) is 21.4 Å². The first kappa shape index (κ1) is 21.7. The Labute approximate surface area is 199 Å². The van der Waals surface area contributed by atoms with E-state index in [4.69, 9.17) is 5.73 Å². The third-order valence-electron chi connectivity index (χ3n) is 7.09. The highest BCUT2D eigenvalue weighted by atomic mass is 16.2. The molecule has 0 bridgehead atoms. The normalized spacial score (nSPS) is 21.6. The number of nitrogens with two attached hydrogens (primary N) is 1. The molecule has 170 valence electrons. The summed E-state index contributed by atoms with van der Waals surface area (Å²) >= 11 is 0. The van der Waals surface area contributed by atoms with Crippen molar-refractivity contribution in [3.8, 4) is 6.07 Å². The van der Waals surface area contributed by atoms with Crippen molar-refractivity contribution in [1.29, 1.82) is 5.26 Å². The van der Waals surface area contributed by atoms with Crippen LogP contribution in [0.2, 0.25) is 0 Å². The second-order valence-electron chi connectivity index (χ2n) is 8.80. The summed E-state index contributed by atoms with van der Waals surface area (Å²) in [6, 6.07) is 17.6. The molecule has 1 amide bonds. The fraction of sp³-hybridized carbons (Fsp3) is 0.250. The second-order valence-corrected chi connectivity index (χ2v) is 8.80. The average molecular weight is 451 g/mol. The zero-order valence-corrected chi connectivity index (χ0v) is 19.2. The maximum absolute atomic E-state index is 14.2. The molecule has 2 aromatic carbocycles. The molecule has 1 atom stereocenters. The number of rotatable bonds is 4. The van der Waals surface area contributed by atoms with Crippen LogP contribution in [-0.4, -0.2) is 18.2 Å². The second kappa shape index (κ2) is 8.03. The van der Waals surface area contributed by atoms with Gasteiger partial charge < -0.3 is 10.6 Å². The number of benzene rings is 2. The Morgan fingerprint density at radius 1 is 1.15 bits per heavy atom. The number of fused-ring (bicyclic) bond motifs is 3. The van der Waals surface area contributed by atoms with E-state index in [2.05, 4.69) is 19.6 Å². The first-order chi connectivity index (χ1) is 16.5. The van der Waals surface area contributed by atoms with Gasteiger partial charge in [0.2, 0.25) is 5.91 Å². The molecule has 3 aliphatic rings. The number of ketones is 1. The Morgan fingerprint density at radius 3 is 2.56 bits per heavy atom. The number of amides is 1. The molecule has 0 fully saturated rings. The summed E-state index contributed by atoms with van der Waals surface area (Å²) in [4.78, 5) is 31.2. The van der Waals surface area contributed by atoms with Crippen LogP contribution in [0.25, 0.3) is 0 Å². The van der Waals surface area contributed by atoms with Crippen LogP contribution in [0.15, 0.2) is 83.9 Å². The zero-order chi connectivity index (χ0) is 24.0. The molecule has 6 heteroatoms. The Kier molecular flexibility index (Phi) is 5.13. The Morgan fingerprint density at radius 2 is 1.88 bits per heavy atom. The summed E-state index contributed by atoms with van der Waals surface area (Å²) in [5, 5.41) is 10.4. The molecule has 1 unspecified atom stereocenters. The largest absolute Gasteiger partial charge is 0.384 e. The van der Waals surface area contributed by atoms with E-state index < -0.39 is 5.41 Å². The smallest absolute Gasteiger partial charge is 0.248 e. The molecular formula is C28H26N4O2. The highest BCUT2D eigenvalue weighted by Gasteiger charge is 2.62. The molecule has 0 saturated carbocycles. The standard InChI is InChI=1S/C28H26N4O2/c1-3-16-31-22-9-6-5-8-20(22)28(27(31)34)21(17-29)26(30)32(19-14-12-18(4-2)13-15-19)23-10-7-11-24(33)25(23)28/h3,5-6,8-9,12-15H,1,4,7,10-11,16,30H2,2H3. The van der Waals surface area contributed by atoms with E-state index in [1.807, 2.05) is 53.4 Å². The van der Waals surface area contributed by atoms with Gasteiger partial charge >= 0.3 is 0 Å². The Hall–Kier alpha value is -4.11. The number of anilines is 2. The van der Waals surface area contributed by atoms with Gasteiger partial charge in [0.15, 0.2) is 5.78 Å². The molecule has 1 aliphatic carbocycles. The molecule has 1 spiro atoms. The first-order valence-corrected chi connectivity index (χ1v) is 11.6. The van der Waals surface area contributed by atoms with Crippen molar-refractivity contribution in [2.45, 2.75) is 38.0 Å². The van der Waals surface area contributed by atoms with Gasteiger partial charge in [-0.25, -0.2) is 0 Å². The molecule has 2 heterocycles. The van der Waals surface area contributed by atoms with E-state index in [0.29, 0.717) is 41.8 Å². The van der Waals surface area contributed by atoms with Gasteiger partial charge in [-0.05, 0) is 43.0 Å². The number of para-hydroxylation sites is 1. The fourth-order valence-electron chi connectivity index (χ4n) is 5.61. The number of carbonyl (C=O) groups excluding carboxylic acids is 2. The van der Waals surface area contributed by atoms with Crippen molar-refractivity contribution < 1.29 is 9.59 Å². The van der Waals surface area contributed by atoms with E-state index in [-0.39, 0.29) is 29.6 Å². The summed E-state index contributed by atoms with van der Waals surface area (Å²) in [5.74, 6) is -0.235. The van der Waals surface area contributed by atoms with Crippen molar-refractivity contribution in [2.75, 3.05) is 16.3 Å².